The van der Waals surface area contributed by atoms with Crippen molar-refractivity contribution in [3.63, 3.8) is 0 Å². The van der Waals surface area contributed by atoms with Crippen molar-refractivity contribution in [1.82, 2.24) is 0 Å². The first-order chi connectivity index (χ1) is 7.27. The van der Waals surface area contributed by atoms with E-state index in [2.05, 4.69) is 0 Å². The molecule has 1 aliphatic heterocycles. The molecular formula is C12H22O3. The Morgan fingerprint density at radius 1 is 1.27 bits per heavy atom. The molecule has 3 heteroatoms. The summed E-state index contributed by atoms with van der Waals surface area (Å²) < 4.78 is 10.9. The number of methoxy groups -OCH3 is 1. The normalized spacial score (nSPS) is 42.8. The van der Waals surface area contributed by atoms with Crippen LogP contribution in [0, 0.1) is 5.92 Å². The lowest BCUT2D eigenvalue weighted by atomic mass is 9.71. The lowest BCUT2D eigenvalue weighted by Gasteiger charge is -2.45. The zero-order chi connectivity index (χ0) is 10.7. The van der Waals surface area contributed by atoms with Gasteiger partial charge in [-0.2, -0.15) is 0 Å². The topological polar surface area (TPSA) is 38.7 Å². The Morgan fingerprint density at radius 2 is 2.13 bits per heavy atom. The minimum atomic E-state index is -0.632. The van der Waals surface area contributed by atoms with E-state index in [0.29, 0.717) is 6.61 Å². The third-order valence-corrected chi connectivity index (χ3v) is 4.00. The summed E-state index contributed by atoms with van der Waals surface area (Å²) in [6.45, 7) is 1.56. The minimum Gasteiger partial charge on any atom is -0.387 e. The highest BCUT2D eigenvalue weighted by Gasteiger charge is 2.45. The fourth-order valence-corrected chi connectivity index (χ4v) is 3.07. The van der Waals surface area contributed by atoms with Crippen molar-refractivity contribution in [1.29, 1.82) is 0 Å². The van der Waals surface area contributed by atoms with Crippen molar-refractivity contribution in [3.05, 3.63) is 0 Å². The molecule has 3 atom stereocenters. The van der Waals surface area contributed by atoms with Crippen molar-refractivity contribution in [2.45, 2.75) is 50.2 Å². The van der Waals surface area contributed by atoms with Crippen molar-refractivity contribution in [3.8, 4) is 0 Å². The molecule has 0 amide bonds. The first-order valence-corrected chi connectivity index (χ1v) is 6.10. The van der Waals surface area contributed by atoms with Gasteiger partial charge in [0.2, 0.25) is 0 Å². The molecule has 1 aliphatic carbocycles. The molecule has 0 aromatic heterocycles. The number of hydrogen-bond acceptors (Lipinski definition) is 3. The van der Waals surface area contributed by atoms with Gasteiger partial charge in [0.05, 0.1) is 18.3 Å². The zero-order valence-electron chi connectivity index (χ0n) is 9.58. The minimum absolute atomic E-state index is 0.0120. The Kier molecular flexibility index (Phi) is 3.65. The molecule has 0 aromatic carbocycles. The van der Waals surface area contributed by atoms with Gasteiger partial charge in [0, 0.05) is 19.6 Å². The van der Waals surface area contributed by atoms with Crippen LogP contribution in [0.15, 0.2) is 0 Å². The Labute approximate surface area is 91.8 Å². The van der Waals surface area contributed by atoms with Crippen LogP contribution in [0.3, 0.4) is 0 Å². The molecule has 1 N–H and O–H groups in total. The van der Waals surface area contributed by atoms with E-state index in [9.17, 15) is 5.11 Å². The highest BCUT2D eigenvalue weighted by Crippen LogP contribution is 2.39. The first kappa shape index (κ1) is 11.4. The summed E-state index contributed by atoms with van der Waals surface area (Å²) in [6, 6.07) is 0. The molecule has 3 nitrogen and oxygen atoms in total. The number of ether oxygens (including phenoxy) is 2. The third kappa shape index (κ3) is 2.19. The summed E-state index contributed by atoms with van der Waals surface area (Å²) in [4.78, 5) is 0. The lowest BCUT2D eigenvalue weighted by Crippen LogP contribution is -2.53. The van der Waals surface area contributed by atoms with Gasteiger partial charge in [-0.3, -0.25) is 0 Å². The summed E-state index contributed by atoms with van der Waals surface area (Å²) in [6.07, 6.45) is 6.32. The van der Waals surface area contributed by atoms with E-state index in [1.54, 1.807) is 7.11 Å². The standard InChI is InChI=1S/C12H22O3/c1-14-11-6-2-3-7-12(11,13)10-5-4-8-15-9-10/h10-11,13H,2-9H2,1H3. The molecule has 88 valence electrons. The molecule has 0 bridgehead atoms. The summed E-state index contributed by atoms with van der Waals surface area (Å²) in [5.41, 5.74) is -0.632. The molecule has 1 saturated heterocycles. The Balaban J connectivity index is 2.06. The summed E-state index contributed by atoms with van der Waals surface area (Å²) in [5, 5.41) is 10.8. The van der Waals surface area contributed by atoms with Gasteiger partial charge in [-0.25, -0.2) is 0 Å². The summed E-state index contributed by atoms with van der Waals surface area (Å²) >= 11 is 0. The van der Waals surface area contributed by atoms with Crippen molar-refractivity contribution in [2.75, 3.05) is 20.3 Å². The number of rotatable bonds is 2. The van der Waals surface area contributed by atoms with Crippen molar-refractivity contribution >= 4 is 0 Å². The van der Waals surface area contributed by atoms with Crippen LogP contribution in [0.25, 0.3) is 0 Å². The van der Waals surface area contributed by atoms with Crippen LogP contribution in [0.4, 0.5) is 0 Å². The second kappa shape index (κ2) is 4.81. The average Bonchev–Trinajstić information content (AvgIpc) is 2.31. The van der Waals surface area contributed by atoms with E-state index in [1.807, 2.05) is 0 Å². The molecular weight excluding hydrogens is 192 g/mol. The van der Waals surface area contributed by atoms with Gasteiger partial charge in [-0.05, 0) is 25.7 Å². The largest absolute Gasteiger partial charge is 0.387 e. The quantitative estimate of drug-likeness (QED) is 0.761. The van der Waals surface area contributed by atoms with E-state index in [-0.39, 0.29) is 12.0 Å². The molecule has 15 heavy (non-hydrogen) atoms. The predicted octanol–water partition coefficient (Wildman–Crippen LogP) is 1.73. The monoisotopic (exact) mass is 214 g/mol. The van der Waals surface area contributed by atoms with Crippen LogP contribution in [0.2, 0.25) is 0 Å². The molecule has 0 aromatic rings. The van der Waals surface area contributed by atoms with Gasteiger partial charge in [-0.15, -0.1) is 0 Å². The average molecular weight is 214 g/mol. The van der Waals surface area contributed by atoms with E-state index in [1.165, 1.54) is 6.42 Å². The summed E-state index contributed by atoms with van der Waals surface area (Å²) in [7, 11) is 1.71. The van der Waals surface area contributed by atoms with Gasteiger partial charge < -0.3 is 14.6 Å². The molecule has 2 aliphatic rings. The van der Waals surface area contributed by atoms with Gasteiger partial charge in [0.15, 0.2) is 0 Å². The molecule has 3 unspecified atom stereocenters. The molecule has 2 fully saturated rings. The van der Waals surface area contributed by atoms with Gasteiger partial charge in [0.1, 0.15) is 0 Å². The zero-order valence-corrected chi connectivity index (χ0v) is 9.58. The first-order valence-electron chi connectivity index (χ1n) is 6.10. The smallest absolute Gasteiger partial charge is 0.0957 e. The fraction of sp³-hybridized carbons (Fsp3) is 1.00. The van der Waals surface area contributed by atoms with Crippen LogP contribution >= 0.6 is 0 Å². The van der Waals surface area contributed by atoms with Gasteiger partial charge >= 0.3 is 0 Å². The van der Waals surface area contributed by atoms with Crippen LogP contribution in [0.5, 0.6) is 0 Å². The second-order valence-electron chi connectivity index (χ2n) is 4.88. The predicted molar refractivity (Wildman–Crippen MR) is 57.8 cm³/mol. The maximum absolute atomic E-state index is 10.8. The van der Waals surface area contributed by atoms with Gasteiger partial charge in [0.25, 0.3) is 0 Å². The Hall–Kier alpha value is -0.120. The van der Waals surface area contributed by atoms with E-state index in [0.717, 1.165) is 38.7 Å². The second-order valence-corrected chi connectivity index (χ2v) is 4.88. The molecule has 1 heterocycles. The molecule has 0 spiro atoms. The Morgan fingerprint density at radius 3 is 2.80 bits per heavy atom. The summed E-state index contributed by atoms with van der Waals surface area (Å²) in [5.74, 6) is 0.275. The molecule has 1 saturated carbocycles. The third-order valence-electron chi connectivity index (χ3n) is 4.00. The Bertz CT molecular complexity index is 201. The maximum atomic E-state index is 10.8. The van der Waals surface area contributed by atoms with E-state index in [4.69, 9.17) is 9.47 Å². The van der Waals surface area contributed by atoms with Gasteiger partial charge in [-0.1, -0.05) is 12.8 Å². The maximum Gasteiger partial charge on any atom is 0.0957 e. The van der Waals surface area contributed by atoms with Crippen molar-refractivity contribution in [2.24, 2.45) is 5.92 Å². The highest BCUT2D eigenvalue weighted by atomic mass is 16.5. The highest BCUT2D eigenvalue weighted by molar-refractivity contribution is 4.97. The molecule has 0 radical (unpaired) electrons. The number of hydrogen-bond donors (Lipinski definition) is 1. The van der Waals surface area contributed by atoms with Crippen LogP contribution in [0.1, 0.15) is 38.5 Å². The molecule has 2 rings (SSSR count). The lowest BCUT2D eigenvalue weighted by molar-refractivity contribution is -0.171. The number of aliphatic hydroxyl groups is 1. The van der Waals surface area contributed by atoms with E-state index < -0.39 is 5.60 Å². The fourth-order valence-electron chi connectivity index (χ4n) is 3.07. The van der Waals surface area contributed by atoms with Crippen LogP contribution in [-0.2, 0) is 9.47 Å². The van der Waals surface area contributed by atoms with E-state index >= 15 is 0 Å². The van der Waals surface area contributed by atoms with Crippen LogP contribution < -0.4 is 0 Å². The van der Waals surface area contributed by atoms with Crippen molar-refractivity contribution < 1.29 is 14.6 Å². The SMILES string of the molecule is COC1CCCCC1(O)C1CCCOC1. The van der Waals surface area contributed by atoms with Crippen LogP contribution in [-0.4, -0.2) is 37.1 Å².